The lowest BCUT2D eigenvalue weighted by molar-refractivity contribution is 0.598. The summed E-state index contributed by atoms with van der Waals surface area (Å²) in [5, 5.41) is 0. The molecule has 0 aromatic heterocycles. The van der Waals surface area contributed by atoms with E-state index in [4.69, 9.17) is 5.73 Å². The second-order valence-electron chi connectivity index (χ2n) is 4.23. The van der Waals surface area contributed by atoms with Crippen molar-refractivity contribution in [1.29, 1.82) is 0 Å². The third-order valence-corrected chi connectivity index (χ3v) is 4.85. The topological polar surface area (TPSA) is 60.2 Å². The molecule has 2 unspecified atom stereocenters. The second-order valence-corrected chi connectivity index (χ2v) is 6.23. The molecule has 1 aliphatic heterocycles. The van der Waals surface area contributed by atoms with Crippen LogP contribution < -0.4 is 5.73 Å². The molecule has 0 aliphatic carbocycles. The Labute approximate surface area is 90.2 Å². The average molecular weight is 225 g/mol. The standard InChI is InChI=1S/C11H15NO2S/c1-7-6-15(13,14)10-5-3-4-9(8(2)12)11(7)10/h3-5,7-8H,6,12H2,1-2H3. The van der Waals surface area contributed by atoms with Crippen molar-refractivity contribution < 1.29 is 8.42 Å². The number of hydrogen-bond donors (Lipinski definition) is 1. The molecule has 0 radical (unpaired) electrons. The van der Waals surface area contributed by atoms with Gasteiger partial charge in [0.1, 0.15) is 0 Å². The van der Waals surface area contributed by atoms with Crippen molar-refractivity contribution in [2.24, 2.45) is 5.73 Å². The lowest BCUT2D eigenvalue weighted by Crippen LogP contribution is -2.09. The van der Waals surface area contributed by atoms with Crippen LogP contribution in [-0.4, -0.2) is 14.2 Å². The summed E-state index contributed by atoms with van der Waals surface area (Å²) >= 11 is 0. The van der Waals surface area contributed by atoms with Crippen molar-refractivity contribution in [1.82, 2.24) is 0 Å². The Hall–Kier alpha value is -0.870. The highest BCUT2D eigenvalue weighted by atomic mass is 32.2. The molecule has 0 amide bonds. The summed E-state index contributed by atoms with van der Waals surface area (Å²) in [5.41, 5.74) is 7.73. The number of fused-ring (bicyclic) bond motifs is 1. The van der Waals surface area contributed by atoms with Crippen molar-refractivity contribution in [3.05, 3.63) is 29.3 Å². The van der Waals surface area contributed by atoms with Crippen LogP contribution in [0.15, 0.2) is 23.1 Å². The van der Waals surface area contributed by atoms with Gasteiger partial charge in [-0.25, -0.2) is 8.42 Å². The maximum absolute atomic E-state index is 11.8. The number of sulfone groups is 1. The normalized spacial score (nSPS) is 24.9. The van der Waals surface area contributed by atoms with E-state index in [-0.39, 0.29) is 17.7 Å². The molecule has 1 aromatic rings. The maximum Gasteiger partial charge on any atom is 0.179 e. The Morgan fingerprint density at radius 1 is 1.47 bits per heavy atom. The highest BCUT2D eigenvalue weighted by Crippen LogP contribution is 2.38. The van der Waals surface area contributed by atoms with Gasteiger partial charge in [0.15, 0.2) is 9.84 Å². The summed E-state index contributed by atoms with van der Waals surface area (Å²) in [6.07, 6.45) is 0. The highest BCUT2D eigenvalue weighted by molar-refractivity contribution is 7.91. The minimum atomic E-state index is -3.07. The number of rotatable bonds is 1. The smallest absolute Gasteiger partial charge is 0.179 e. The molecule has 4 heteroatoms. The van der Waals surface area contributed by atoms with E-state index in [1.54, 1.807) is 12.1 Å². The van der Waals surface area contributed by atoms with E-state index in [0.717, 1.165) is 11.1 Å². The van der Waals surface area contributed by atoms with E-state index in [0.29, 0.717) is 4.90 Å². The summed E-state index contributed by atoms with van der Waals surface area (Å²) in [7, 11) is -3.07. The van der Waals surface area contributed by atoms with Gasteiger partial charge in [-0.05, 0) is 30.0 Å². The van der Waals surface area contributed by atoms with E-state index in [2.05, 4.69) is 0 Å². The van der Waals surface area contributed by atoms with Gasteiger partial charge in [0.2, 0.25) is 0 Å². The van der Waals surface area contributed by atoms with Gasteiger partial charge in [-0.3, -0.25) is 0 Å². The summed E-state index contributed by atoms with van der Waals surface area (Å²) in [6, 6.07) is 5.25. The molecule has 0 fully saturated rings. The Morgan fingerprint density at radius 2 is 2.13 bits per heavy atom. The molecule has 2 rings (SSSR count). The molecule has 1 heterocycles. The van der Waals surface area contributed by atoms with E-state index < -0.39 is 9.84 Å². The van der Waals surface area contributed by atoms with Crippen LogP contribution in [0.5, 0.6) is 0 Å². The van der Waals surface area contributed by atoms with Crippen molar-refractivity contribution >= 4 is 9.84 Å². The fraction of sp³-hybridized carbons (Fsp3) is 0.455. The van der Waals surface area contributed by atoms with Crippen LogP contribution in [0.3, 0.4) is 0 Å². The third-order valence-electron chi connectivity index (χ3n) is 2.89. The Bertz CT molecular complexity index is 491. The zero-order chi connectivity index (χ0) is 11.2. The minimum Gasteiger partial charge on any atom is -0.324 e. The average Bonchev–Trinajstić information content (AvgIpc) is 2.37. The van der Waals surface area contributed by atoms with Crippen LogP contribution in [-0.2, 0) is 9.84 Å². The van der Waals surface area contributed by atoms with Gasteiger partial charge in [0.25, 0.3) is 0 Å². The van der Waals surface area contributed by atoms with E-state index in [1.807, 2.05) is 19.9 Å². The van der Waals surface area contributed by atoms with Crippen molar-refractivity contribution in [3.8, 4) is 0 Å². The van der Waals surface area contributed by atoms with Crippen LogP contribution in [0.4, 0.5) is 0 Å². The lowest BCUT2D eigenvalue weighted by Gasteiger charge is -2.13. The molecule has 0 bridgehead atoms. The number of benzene rings is 1. The van der Waals surface area contributed by atoms with E-state index in [9.17, 15) is 8.42 Å². The van der Waals surface area contributed by atoms with Crippen molar-refractivity contribution in [2.75, 3.05) is 5.75 Å². The summed E-state index contributed by atoms with van der Waals surface area (Å²) in [5.74, 6) is 0.277. The summed E-state index contributed by atoms with van der Waals surface area (Å²) < 4.78 is 23.6. The van der Waals surface area contributed by atoms with Crippen molar-refractivity contribution in [2.45, 2.75) is 30.7 Å². The first-order valence-corrected chi connectivity index (χ1v) is 6.70. The molecule has 3 nitrogen and oxygen atoms in total. The van der Waals surface area contributed by atoms with Gasteiger partial charge in [-0.1, -0.05) is 19.1 Å². The predicted molar refractivity (Wildman–Crippen MR) is 59.5 cm³/mol. The fourth-order valence-corrected chi connectivity index (χ4v) is 4.20. The number of hydrogen-bond acceptors (Lipinski definition) is 3. The van der Waals surface area contributed by atoms with Gasteiger partial charge < -0.3 is 5.73 Å². The summed E-state index contributed by atoms with van der Waals surface area (Å²) in [4.78, 5) is 0.477. The quantitative estimate of drug-likeness (QED) is 0.789. The molecule has 1 aliphatic rings. The van der Waals surface area contributed by atoms with Crippen molar-refractivity contribution in [3.63, 3.8) is 0 Å². The zero-order valence-electron chi connectivity index (χ0n) is 8.90. The van der Waals surface area contributed by atoms with E-state index >= 15 is 0 Å². The molecule has 2 N–H and O–H groups in total. The van der Waals surface area contributed by atoms with E-state index in [1.165, 1.54) is 0 Å². The van der Waals surface area contributed by atoms with Crippen LogP contribution in [0.25, 0.3) is 0 Å². The highest BCUT2D eigenvalue weighted by Gasteiger charge is 2.34. The molecule has 0 saturated carbocycles. The van der Waals surface area contributed by atoms with Gasteiger partial charge >= 0.3 is 0 Å². The fourth-order valence-electron chi connectivity index (χ4n) is 2.26. The van der Waals surface area contributed by atoms with Crippen LogP contribution in [0, 0.1) is 0 Å². The SMILES string of the molecule is CC(N)c1cccc2c1C(C)CS2(=O)=O. The molecule has 0 spiro atoms. The molecular formula is C11H15NO2S. The zero-order valence-corrected chi connectivity index (χ0v) is 9.71. The first kappa shape index (κ1) is 10.6. The second kappa shape index (κ2) is 3.32. The van der Waals surface area contributed by atoms with Gasteiger partial charge in [0.05, 0.1) is 10.6 Å². The Kier molecular flexibility index (Phi) is 2.35. The molecule has 15 heavy (non-hydrogen) atoms. The Balaban J connectivity index is 2.73. The van der Waals surface area contributed by atoms with Crippen LogP contribution in [0.2, 0.25) is 0 Å². The maximum atomic E-state index is 11.8. The largest absolute Gasteiger partial charge is 0.324 e. The van der Waals surface area contributed by atoms with Gasteiger partial charge in [-0.2, -0.15) is 0 Å². The third kappa shape index (κ3) is 1.58. The lowest BCUT2D eigenvalue weighted by atomic mass is 9.94. The number of nitrogens with two attached hydrogens (primary N) is 1. The van der Waals surface area contributed by atoms with Gasteiger partial charge in [-0.15, -0.1) is 0 Å². The monoisotopic (exact) mass is 225 g/mol. The molecule has 82 valence electrons. The summed E-state index contributed by atoms with van der Waals surface area (Å²) in [6.45, 7) is 3.82. The molecule has 0 saturated heterocycles. The minimum absolute atomic E-state index is 0.0622. The first-order valence-electron chi connectivity index (χ1n) is 5.04. The molecule has 2 atom stereocenters. The first-order chi connectivity index (χ1) is 6.93. The predicted octanol–water partition coefficient (Wildman–Crippen LogP) is 1.60. The van der Waals surface area contributed by atoms with Crippen LogP contribution in [0.1, 0.15) is 36.9 Å². The molecule has 1 aromatic carbocycles. The molecular weight excluding hydrogens is 210 g/mol. The van der Waals surface area contributed by atoms with Crippen LogP contribution >= 0.6 is 0 Å². The Morgan fingerprint density at radius 3 is 2.73 bits per heavy atom. The van der Waals surface area contributed by atoms with Gasteiger partial charge in [0, 0.05) is 6.04 Å².